The van der Waals surface area contributed by atoms with Gasteiger partial charge in [-0.05, 0) is 44.0 Å². The summed E-state index contributed by atoms with van der Waals surface area (Å²) in [5, 5.41) is 0.565. The highest BCUT2D eigenvalue weighted by molar-refractivity contribution is 9.11. The summed E-state index contributed by atoms with van der Waals surface area (Å²) < 4.78 is 6.49. The number of primary amides is 1. The van der Waals surface area contributed by atoms with Crippen LogP contribution in [0.15, 0.2) is 21.1 Å². The van der Waals surface area contributed by atoms with Crippen molar-refractivity contribution in [1.82, 2.24) is 0 Å². The number of nitrogens with two attached hydrogens (primary N) is 1. The maximum Gasteiger partial charge on any atom is 0.255 e. The molecule has 0 aliphatic rings. The monoisotopic (exact) mass is 341 g/mol. The Labute approximate surface area is 103 Å². The van der Waals surface area contributed by atoms with Gasteiger partial charge >= 0.3 is 0 Å². The van der Waals surface area contributed by atoms with Crippen molar-refractivity contribution in [3.8, 4) is 5.75 Å². The fourth-order valence-corrected chi connectivity index (χ4v) is 2.71. The molecule has 0 aliphatic carbocycles. The lowest BCUT2D eigenvalue weighted by Gasteiger charge is -2.08. The number of amides is 1. The van der Waals surface area contributed by atoms with Crippen molar-refractivity contribution in [2.24, 2.45) is 5.73 Å². The van der Waals surface area contributed by atoms with Gasteiger partial charge in [-0.1, -0.05) is 11.6 Å². The van der Waals surface area contributed by atoms with Gasteiger partial charge in [0.05, 0.1) is 8.95 Å². The van der Waals surface area contributed by atoms with Crippen molar-refractivity contribution in [3.63, 3.8) is 0 Å². The molecule has 0 saturated carbocycles. The molecule has 0 radical (unpaired) electrons. The standard InChI is InChI=1S/C8H6Br2ClNO2/c9-5-1-4(11)2-6(10)8(5)14-3-7(12)13/h1-2H,3H2,(H2,12,13). The van der Waals surface area contributed by atoms with E-state index in [0.29, 0.717) is 19.7 Å². The molecule has 1 aromatic carbocycles. The molecule has 2 N–H and O–H groups in total. The van der Waals surface area contributed by atoms with Crippen molar-refractivity contribution in [2.45, 2.75) is 0 Å². The fraction of sp³-hybridized carbons (Fsp3) is 0.125. The van der Waals surface area contributed by atoms with Gasteiger partial charge in [-0.15, -0.1) is 0 Å². The van der Waals surface area contributed by atoms with Crippen LogP contribution in [-0.4, -0.2) is 12.5 Å². The highest BCUT2D eigenvalue weighted by Crippen LogP contribution is 2.36. The zero-order valence-electron chi connectivity index (χ0n) is 6.89. The molecule has 3 nitrogen and oxygen atoms in total. The number of carbonyl (C=O) groups is 1. The Morgan fingerprint density at radius 2 is 1.93 bits per heavy atom. The third-order valence-corrected chi connectivity index (χ3v) is 2.72. The van der Waals surface area contributed by atoms with Gasteiger partial charge in [0.15, 0.2) is 6.61 Å². The molecule has 14 heavy (non-hydrogen) atoms. The molecule has 0 unspecified atom stereocenters. The van der Waals surface area contributed by atoms with Crippen molar-refractivity contribution in [3.05, 3.63) is 26.1 Å². The number of benzene rings is 1. The maximum atomic E-state index is 10.5. The van der Waals surface area contributed by atoms with Gasteiger partial charge in [0.25, 0.3) is 5.91 Å². The van der Waals surface area contributed by atoms with Gasteiger partial charge in [-0.25, -0.2) is 0 Å². The highest BCUT2D eigenvalue weighted by Gasteiger charge is 2.09. The Morgan fingerprint density at radius 1 is 1.43 bits per heavy atom. The zero-order valence-corrected chi connectivity index (χ0v) is 10.8. The second-order valence-corrected chi connectivity index (χ2v) is 4.60. The summed E-state index contributed by atoms with van der Waals surface area (Å²) in [6.45, 7) is -0.168. The number of rotatable bonds is 3. The van der Waals surface area contributed by atoms with E-state index in [1.165, 1.54) is 0 Å². The molecule has 1 rings (SSSR count). The minimum atomic E-state index is -0.529. The topological polar surface area (TPSA) is 52.3 Å². The predicted molar refractivity (Wildman–Crippen MR) is 61.5 cm³/mol. The molecule has 0 atom stereocenters. The van der Waals surface area contributed by atoms with Crippen LogP contribution < -0.4 is 10.5 Å². The van der Waals surface area contributed by atoms with Crippen LogP contribution in [-0.2, 0) is 4.79 Å². The minimum Gasteiger partial charge on any atom is -0.481 e. The predicted octanol–water partition coefficient (Wildman–Crippen LogP) is 2.73. The lowest BCUT2D eigenvalue weighted by Crippen LogP contribution is -2.20. The summed E-state index contributed by atoms with van der Waals surface area (Å²) in [4.78, 5) is 10.5. The third kappa shape index (κ3) is 3.15. The van der Waals surface area contributed by atoms with Gasteiger partial charge in [-0.3, -0.25) is 4.79 Å². The molecular weight excluding hydrogens is 337 g/mol. The SMILES string of the molecule is NC(=O)COc1c(Br)cc(Cl)cc1Br. The van der Waals surface area contributed by atoms with Crippen LogP contribution in [0.25, 0.3) is 0 Å². The first-order valence-corrected chi connectivity index (χ1v) is 5.52. The number of carbonyl (C=O) groups excluding carboxylic acids is 1. The van der Waals surface area contributed by atoms with Crippen LogP contribution in [0.1, 0.15) is 0 Å². The molecule has 0 heterocycles. The van der Waals surface area contributed by atoms with E-state index in [-0.39, 0.29) is 6.61 Å². The maximum absolute atomic E-state index is 10.5. The number of ether oxygens (including phenoxy) is 1. The van der Waals surface area contributed by atoms with E-state index in [1.54, 1.807) is 12.1 Å². The molecule has 1 amide bonds. The van der Waals surface area contributed by atoms with Crippen molar-refractivity contribution in [1.29, 1.82) is 0 Å². The van der Waals surface area contributed by atoms with Gasteiger partial charge in [0.2, 0.25) is 0 Å². The first-order valence-electron chi connectivity index (χ1n) is 3.56. The fourth-order valence-electron chi connectivity index (χ4n) is 0.810. The molecule has 1 aromatic rings. The quantitative estimate of drug-likeness (QED) is 0.917. The van der Waals surface area contributed by atoms with E-state index >= 15 is 0 Å². The van der Waals surface area contributed by atoms with Crippen LogP contribution in [0.2, 0.25) is 5.02 Å². The molecule has 0 aromatic heterocycles. The molecule has 0 aliphatic heterocycles. The Bertz CT molecular complexity index is 347. The van der Waals surface area contributed by atoms with E-state index in [2.05, 4.69) is 31.9 Å². The lowest BCUT2D eigenvalue weighted by molar-refractivity contribution is -0.119. The summed E-state index contributed by atoms with van der Waals surface area (Å²) in [6, 6.07) is 3.34. The van der Waals surface area contributed by atoms with E-state index < -0.39 is 5.91 Å². The Kier molecular flexibility index (Phi) is 4.22. The Balaban J connectivity index is 2.91. The van der Waals surface area contributed by atoms with E-state index in [9.17, 15) is 4.79 Å². The van der Waals surface area contributed by atoms with Gasteiger partial charge in [0.1, 0.15) is 5.75 Å². The van der Waals surface area contributed by atoms with Crippen molar-refractivity contribution < 1.29 is 9.53 Å². The summed E-state index contributed by atoms with van der Waals surface area (Å²) in [6.07, 6.45) is 0. The number of hydrogen-bond acceptors (Lipinski definition) is 2. The largest absolute Gasteiger partial charge is 0.481 e. The molecule has 6 heteroatoms. The zero-order chi connectivity index (χ0) is 10.7. The summed E-state index contributed by atoms with van der Waals surface area (Å²) in [5.74, 6) is -0.0213. The molecule has 0 fully saturated rings. The first-order chi connectivity index (χ1) is 6.50. The minimum absolute atomic E-state index is 0.168. The second-order valence-electron chi connectivity index (χ2n) is 2.45. The van der Waals surface area contributed by atoms with Crippen LogP contribution >= 0.6 is 43.5 Å². The van der Waals surface area contributed by atoms with Crippen LogP contribution in [0.4, 0.5) is 0 Å². The summed E-state index contributed by atoms with van der Waals surface area (Å²) in [5.41, 5.74) is 4.95. The van der Waals surface area contributed by atoms with Crippen LogP contribution in [0, 0.1) is 0 Å². The molecule has 0 saturated heterocycles. The van der Waals surface area contributed by atoms with E-state index in [0.717, 1.165) is 0 Å². The van der Waals surface area contributed by atoms with Gasteiger partial charge in [-0.2, -0.15) is 0 Å². The molecular formula is C8H6Br2ClNO2. The van der Waals surface area contributed by atoms with Gasteiger partial charge in [0, 0.05) is 5.02 Å². The lowest BCUT2D eigenvalue weighted by atomic mass is 10.3. The number of hydrogen-bond donors (Lipinski definition) is 1. The first kappa shape index (κ1) is 11.8. The van der Waals surface area contributed by atoms with Crippen molar-refractivity contribution >= 4 is 49.4 Å². The molecule has 76 valence electrons. The third-order valence-electron chi connectivity index (χ3n) is 1.32. The van der Waals surface area contributed by atoms with Gasteiger partial charge < -0.3 is 10.5 Å². The number of halogens is 3. The van der Waals surface area contributed by atoms with Crippen LogP contribution in [0.3, 0.4) is 0 Å². The van der Waals surface area contributed by atoms with E-state index in [4.69, 9.17) is 22.1 Å². The Morgan fingerprint density at radius 3 is 2.36 bits per heavy atom. The molecule has 0 bridgehead atoms. The average Bonchev–Trinajstić information content (AvgIpc) is 2.01. The molecule has 0 spiro atoms. The average molecular weight is 343 g/mol. The Hall–Kier alpha value is -0.260. The smallest absolute Gasteiger partial charge is 0.255 e. The van der Waals surface area contributed by atoms with E-state index in [1.807, 2.05) is 0 Å². The second kappa shape index (κ2) is 5.00. The van der Waals surface area contributed by atoms with Crippen LogP contribution in [0.5, 0.6) is 5.75 Å². The normalized spacial score (nSPS) is 9.93. The summed E-state index contributed by atoms with van der Waals surface area (Å²) >= 11 is 12.3. The summed E-state index contributed by atoms with van der Waals surface area (Å²) in [7, 11) is 0. The van der Waals surface area contributed by atoms with Crippen molar-refractivity contribution in [2.75, 3.05) is 6.61 Å². The highest BCUT2D eigenvalue weighted by atomic mass is 79.9.